The van der Waals surface area contributed by atoms with Gasteiger partial charge in [0.15, 0.2) is 0 Å². The normalized spacial score (nSPS) is 11.2. The quantitative estimate of drug-likeness (QED) is 0.586. The number of benzene rings is 1. The van der Waals surface area contributed by atoms with Crippen molar-refractivity contribution in [2.24, 2.45) is 5.92 Å². The molecule has 0 saturated heterocycles. The van der Waals surface area contributed by atoms with Crippen LogP contribution in [0.15, 0.2) is 24.3 Å². The van der Waals surface area contributed by atoms with Gasteiger partial charge in [0.2, 0.25) is 0 Å². The Bertz CT molecular complexity index is 484. The van der Waals surface area contributed by atoms with Crippen LogP contribution in [-0.2, 0) is 9.53 Å². The lowest BCUT2D eigenvalue weighted by atomic mass is 10.0. The van der Waals surface area contributed by atoms with E-state index in [1.165, 1.54) is 6.42 Å². The van der Waals surface area contributed by atoms with Crippen LogP contribution < -0.4 is 11.1 Å². The van der Waals surface area contributed by atoms with Crippen molar-refractivity contribution in [3.63, 3.8) is 0 Å². The fraction of sp³-hybridized carbons (Fsp3) is 0.579. The Hall–Kier alpha value is -2.04. The Labute approximate surface area is 146 Å². The number of ether oxygens (including phenoxy) is 1. The minimum absolute atomic E-state index is 0.274. The maximum atomic E-state index is 12.2. The van der Waals surface area contributed by atoms with Crippen molar-refractivity contribution in [2.45, 2.75) is 59.9 Å². The van der Waals surface area contributed by atoms with Crippen molar-refractivity contribution in [2.75, 3.05) is 12.3 Å². The average Bonchev–Trinajstić information content (AvgIpc) is 2.52. The molecule has 1 aromatic carbocycles. The molecule has 1 amide bonds. The van der Waals surface area contributed by atoms with Gasteiger partial charge in [0.1, 0.15) is 6.04 Å². The van der Waals surface area contributed by atoms with Gasteiger partial charge in [0.25, 0.3) is 5.91 Å². The van der Waals surface area contributed by atoms with Crippen LogP contribution in [0.4, 0.5) is 5.69 Å². The molecular formula is C19H32N2O3. The second kappa shape index (κ2) is 12.4. The van der Waals surface area contributed by atoms with Crippen LogP contribution in [0.3, 0.4) is 0 Å². The fourth-order valence-electron chi connectivity index (χ4n) is 1.86. The third-order valence-electron chi connectivity index (χ3n) is 2.92. The molecule has 1 aromatic rings. The van der Waals surface area contributed by atoms with Gasteiger partial charge in [-0.05, 0) is 43.0 Å². The monoisotopic (exact) mass is 336 g/mol. The Morgan fingerprint density at radius 3 is 2.12 bits per heavy atom. The number of esters is 1. The molecule has 0 bridgehead atoms. The van der Waals surface area contributed by atoms with E-state index < -0.39 is 6.04 Å². The zero-order chi connectivity index (χ0) is 18.5. The van der Waals surface area contributed by atoms with Crippen LogP contribution in [0, 0.1) is 5.92 Å². The van der Waals surface area contributed by atoms with Gasteiger partial charge >= 0.3 is 5.97 Å². The number of amides is 1. The zero-order valence-electron chi connectivity index (χ0n) is 15.6. The van der Waals surface area contributed by atoms with E-state index in [1.54, 1.807) is 24.3 Å². The van der Waals surface area contributed by atoms with Crippen LogP contribution >= 0.6 is 0 Å². The SMILES string of the molecule is CCC.CCCOC(=O)[C@H](CC(C)C)NC(=O)c1ccc(N)cc1. The molecule has 1 rings (SSSR count). The topological polar surface area (TPSA) is 81.4 Å². The van der Waals surface area contributed by atoms with Gasteiger partial charge in [-0.3, -0.25) is 4.79 Å². The number of nitrogens with two attached hydrogens (primary N) is 1. The molecule has 5 heteroatoms. The van der Waals surface area contributed by atoms with Crippen molar-refractivity contribution in [3.8, 4) is 0 Å². The van der Waals surface area contributed by atoms with E-state index in [0.29, 0.717) is 24.3 Å². The summed E-state index contributed by atoms with van der Waals surface area (Å²) in [5.74, 6) is -0.403. The first-order chi connectivity index (χ1) is 11.3. The molecule has 0 aliphatic rings. The highest BCUT2D eigenvalue weighted by Crippen LogP contribution is 2.10. The molecule has 136 valence electrons. The first kappa shape index (κ1) is 22.0. The summed E-state index contributed by atoms with van der Waals surface area (Å²) in [5.41, 5.74) is 6.66. The van der Waals surface area contributed by atoms with Gasteiger partial charge in [0.05, 0.1) is 6.61 Å². The smallest absolute Gasteiger partial charge is 0.328 e. The highest BCUT2D eigenvalue weighted by atomic mass is 16.5. The standard InChI is InChI=1S/C16H24N2O3.C3H8/c1-4-9-21-16(20)14(10-11(2)3)18-15(19)12-5-7-13(17)8-6-12;1-3-2/h5-8,11,14H,4,9-10,17H2,1-3H3,(H,18,19);3H2,1-2H3/t14-;/m0./s1. The van der Waals surface area contributed by atoms with Crippen molar-refractivity contribution >= 4 is 17.6 Å². The van der Waals surface area contributed by atoms with E-state index in [1.807, 2.05) is 20.8 Å². The minimum Gasteiger partial charge on any atom is -0.464 e. The second-order valence-electron chi connectivity index (χ2n) is 6.15. The Morgan fingerprint density at radius 2 is 1.67 bits per heavy atom. The van der Waals surface area contributed by atoms with Crippen molar-refractivity contribution in [3.05, 3.63) is 29.8 Å². The second-order valence-corrected chi connectivity index (χ2v) is 6.15. The minimum atomic E-state index is -0.624. The molecule has 0 aliphatic carbocycles. The predicted octanol–water partition coefficient (Wildman–Crippen LogP) is 3.78. The van der Waals surface area contributed by atoms with Crippen LogP contribution in [-0.4, -0.2) is 24.5 Å². The average molecular weight is 336 g/mol. The number of hydrogen-bond acceptors (Lipinski definition) is 4. The molecule has 0 fully saturated rings. The molecule has 24 heavy (non-hydrogen) atoms. The molecule has 0 aliphatic heterocycles. The van der Waals surface area contributed by atoms with Crippen molar-refractivity contribution in [1.82, 2.24) is 5.32 Å². The molecule has 0 unspecified atom stereocenters. The summed E-state index contributed by atoms with van der Waals surface area (Å²) in [4.78, 5) is 24.2. The number of carbonyl (C=O) groups is 2. The summed E-state index contributed by atoms with van der Waals surface area (Å²) < 4.78 is 5.14. The highest BCUT2D eigenvalue weighted by molar-refractivity contribution is 5.97. The third kappa shape index (κ3) is 9.18. The number of nitrogens with one attached hydrogen (secondary N) is 1. The van der Waals surface area contributed by atoms with Crippen LogP contribution in [0.5, 0.6) is 0 Å². The molecular weight excluding hydrogens is 304 g/mol. The Balaban J connectivity index is 0.00000163. The maximum absolute atomic E-state index is 12.2. The van der Waals surface area contributed by atoms with E-state index in [-0.39, 0.29) is 17.8 Å². The zero-order valence-corrected chi connectivity index (χ0v) is 15.6. The van der Waals surface area contributed by atoms with Crippen LogP contribution in [0.1, 0.15) is 64.2 Å². The predicted molar refractivity (Wildman–Crippen MR) is 98.8 cm³/mol. The van der Waals surface area contributed by atoms with E-state index in [4.69, 9.17) is 10.5 Å². The van der Waals surface area contributed by atoms with Gasteiger partial charge in [-0.1, -0.05) is 41.0 Å². The summed E-state index contributed by atoms with van der Waals surface area (Å²) >= 11 is 0. The summed E-state index contributed by atoms with van der Waals surface area (Å²) in [6.07, 6.45) is 2.55. The largest absolute Gasteiger partial charge is 0.464 e. The molecule has 3 N–H and O–H groups in total. The lowest BCUT2D eigenvalue weighted by Gasteiger charge is -2.19. The highest BCUT2D eigenvalue weighted by Gasteiger charge is 2.23. The fourth-order valence-corrected chi connectivity index (χ4v) is 1.86. The first-order valence-electron chi connectivity index (χ1n) is 8.68. The third-order valence-corrected chi connectivity index (χ3v) is 2.92. The van der Waals surface area contributed by atoms with Gasteiger partial charge in [-0.15, -0.1) is 0 Å². The lowest BCUT2D eigenvalue weighted by molar-refractivity contribution is -0.146. The van der Waals surface area contributed by atoms with E-state index in [9.17, 15) is 9.59 Å². The van der Waals surface area contributed by atoms with Crippen molar-refractivity contribution < 1.29 is 14.3 Å². The summed E-state index contributed by atoms with van der Waals surface area (Å²) in [5, 5.41) is 2.74. The number of carbonyl (C=O) groups excluding carboxylic acids is 2. The van der Waals surface area contributed by atoms with Gasteiger partial charge < -0.3 is 15.8 Å². The van der Waals surface area contributed by atoms with Gasteiger partial charge in [-0.2, -0.15) is 0 Å². The van der Waals surface area contributed by atoms with E-state index in [0.717, 1.165) is 6.42 Å². The maximum Gasteiger partial charge on any atom is 0.328 e. The number of nitrogen functional groups attached to an aromatic ring is 1. The summed E-state index contributed by atoms with van der Waals surface area (Å²) in [7, 11) is 0. The molecule has 0 aromatic heterocycles. The molecule has 0 saturated carbocycles. The Kier molecular flexibility index (Phi) is 11.3. The summed E-state index contributed by atoms with van der Waals surface area (Å²) in [6, 6.07) is 5.95. The van der Waals surface area contributed by atoms with Gasteiger partial charge in [0, 0.05) is 11.3 Å². The van der Waals surface area contributed by atoms with Crippen LogP contribution in [0.2, 0.25) is 0 Å². The lowest BCUT2D eigenvalue weighted by Crippen LogP contribution is -2.42. The first-order valence-corrected chi connectivity index (χ1v) is 8.68. The number of anilines is 1. The molecule has 0 heterocycles. The molecule has 1 atom stereocenters. The van der Waals surface area contributed by atoms with E-state index in [2.05, 4.69) is 19.2 Å². The number of rotatable bonds is 7. The molecule has 0 spiro atoms. The number of hydrogen-bond donors (Lipinski definition) is 2. The molecule has 0 radical (unpaired) electrons. The summed E-state index contributed by atoms with van der Waals surface area (Å²) in [6.45, 7) is 10.5. The van der Waals surface area contributed by atoms with Gasteiger partial charge in [-0.25, -0.2) is 4.79 Å². The van der Waals surface area contributed by atoms with E-state index >= 15 is 0 Å². The van der Waals surface area contributed by atoms with Crippen LogP contribution in [0.25, 0.3) is 0 Å². The Morgan fingerprint density at radius 1 is 1.12 bits per heavy atom. The molecule has 5 nitrogen and oxygen atoms in total. The van der Waals surface area contributed by atoms with Crippen molar-refractivity contribution in [1.29, 1.82) is 0 Å².